The van der Waals surface area contributed by atoms with Crippen LogP contribution in [0.2, 0.25) is 0 Å². The van der Waals surface area contributed by atoms with Gasteiger partial charge in [-0.3, -0.25) is 0 Å². The molecule has 90 valence electrons. The lowest BCUT2D eigenvalue weighted by molar-refractivity contribution is -0.358. The van der Waals surface area contributed by atoms with Crippen LogP contribution in [0.15, 0.2) is 0 Å². The highest BCUT2D eigenvalue weighted by molar-refractivity contribution is 4.96. The van der Waals surface area contributed by atoms with Gasteiger partial charge in [0.05, 0.1) is 6.61 Å². The topological polar surface area (TPSA) is 99.4 Å². The van der Waals surface area contributed by atoms with Crippen LogP contribution in [-0.2, 0) is 9.47 Å². The van der Waals surface area contributed by atoms with Crippen LogP contribution in [0.5, 0.6) is 0 Å². The van der Waals surface area contributed by atoms with Gasteiger partial charge in [-0.15, -0.1) is 0 Å². The van der Waals surface area contributed by atoms with E-state index in [0.29, 0.717) is 6.42 Å². The van der Waals surface area contributed by atoms with Gasteiger partial charge in [-0.05, 0) is 0 Å². The Labute approximate surface area is 88.1 Å². The lowest BCUT2D eigenvalue weighted by Crippen LogP contribution is -2.65. The lowest BCUT2D eigenvalue weighted by Gasteiger charge is -2.47. The molecular weight excluding hydrogens is 204 g/mol. The fraction of sp³-hybridized carbons (Fsp3) is 1.00. The van der Waals surface area contributed by atoms with Gasteiger partial charge in [0, 0.05) is 13.5 Å². The van der Waals surface area contributed by atoms with Crippen molar-refractivity contribution in [3.8, 4) is 0 Å². The Morgan fingerprint density at radius 1 is 1.27 bits per heavy atom. The fourth-order valence-corrected chi connectivity index (χ4v) is 1.81. The number of rotatable bonds is 3. The van der Waals surface area contributed by atoms with Crippen molar-refractivity contribution in [2.45, 2.75) is 43.5 Å². The highest BCUT2D eigenvalue weighted by Crippen LogP contribution is 2.33. The molecule has 6 nitrogen and oxygen atoms in total. The van der Waals surface area contributed by atoms with Gasteiger partial charge in [0.15, 0.2) is 5.79 Å². The third kappa shape index (κ3) is 2.01. The van der Waals surface area contributed by atoms with Gasteiger partial charge in [0.25, 0.3) is 0 Å². The molecule has 6 heteroatoms. The van der Waals surface area contributed by atoms with Gasteiger partial charge in [-0.1, -0.05) is 6.92 Å². The van der Waals surface area contributed by atoms with Crippen LogP contribution in [0.25, 0.3) is 0 Å². The van der Waals surface area contributed by atoms with Gasteiger partial charge < -0.3 is 29.9 Å². The zero-order valence-electron chi connectivity index (χ0n) is 8.83. The van der Waals surface area contributed by atoms with Crippen molar-refractivity contribution in [2.24, 2.45) is 0 Å². The Balaban J connectivity index is 2.91. The van der Waals surface area contributed by atoms with Crippen LogP contribution in [0.1, 0.15) is 13.3 Å². The Hall–Kier alpha value is -0.240. The van der Waals surface area contributed by atoms with E-state index in [2.05, 4.69) is 0 Å². The Kier molecular flexibility index (Phi) is 4.05. The normalized spacial score (nSPS) is 46.8. The van der Waals surface area contributed by atoms with Crippen molar-refractivity contribution in [3.63, 3.8) is 0 Å². The summed E-state index contributed by atoms with van der Waals surface area (Å²) in [6, 6.07) is 0. The highest BCUT2D eigenvalue weighted by Gasteiger charge is 2.52. The summed E-state index contributed by atoms with van der Waals surface area (Å²) < 4.78 is 10.3. The third-order valence-corrected chi connectivity index (χ3v) is 2.87. The Morgan fingerprint density at radius 3 is 2.27 bits per heavy atom. The predicted octanol–water partition coefficient (Wildman–Crippen LogP) is -1.79. The highest BCUT2D eigenvalue weighted by atomic mass is 16.7. The smallest absolute Gasteiger partial charge is 0.197 e. The summed E-state index contributed by atoms with van der Waals surface area (Å²) in [6.45, 7) is 1.27. The van der Waals surface area contributed by atoms with Crippen molar-refractivity contribution in [3.05, 3.63) is 0 Å². The van der Waals surface area contributed by atoms with E-state index in [1.165, 1.54) is 7.11 Å². The fourth-order valence-electron chi connectivity index (χ4n) is 1.81. The summed E-state index contributed by atoms with van der Waals surface area (Å²) in [5.74, 6) is -1.37. The molecule has 1 aliphatic heterocycles. The minimum absolute atomic E-state index is 0.297. The van der Waals surface area contributed by atoms with E-state index in [-0.39, 0.29) is 0 Å². The number of aliphatic hydroxyl groups excluding tert-OH is 4. The number of ether oxygens (including phenoxy) is 2. The predicted molar refractivity (Wildman–Crippen MR) is 50.0 cm³/mol. The number of aliphatic hydroxyl groups is 4. The molecule has 1 saturated heterocycles. The second-order valence-corrected chi connectivity index (χ2v) is 3.63. The van der Waals surface area contributed by atoms with Gasteiger partial charge in [-0.2, -0.15) is 0 Å². The quantitative estimate of drug-likeness (QED) is 0.450. The van der Waals surface area contributed by atoms with Crippen LogP contribution in [0.3, 0.4) is 0 Å². The molecule has 0 amide bonds. The lowest BCUT2D eigenvalue weighted by atomic mass is 9.91. The van der Waals surface area contributed by atoms with E-state index >= 15 is 0 Å². The zero-order chi connectivity index (χ0) is 11.6. The first-order valence-corrected chi connectivity index (χ1v) is 4.90. The minimum atomic E-state index is -1.39. The van der Waals surface area contributed by atoms with Crippen LogP contribution in [-0.4, -0.2) is 64.3 Å². The first-order chi connectivity index (χ1) is 7.02. The van der Waals surface area contributed by atoms with Gasteiger partial charge in [-0.25, -0.2) is 0 Å². The minimum Gasteiger partial charge on any atom is -0.394 e. The van der Waals surface area contributed by atoms with E-state index in [1.54, 1.807) is 6.92 Å². The molecule has 1 unspecified atom stereocenters. The second-order valence-electron chi connectivity index (χ2n) is 3.63. The van der Waals surface area contributed by atoms with Crippen molar-refractivity contribution < 1.29 is 29.9 Å². The molecule has 0 aromatic heterocycles. The first-order valence-electron chi connectivity index (χ1n) is 4.90. The molecule has 0 aromatic rings. The third-order valence-electron chi connectivity index (χ3n) is 2.87. The van der Waals surface area contributed by atoms with E-state index < -0.39 is 36.8 Å². The summed E-state index contributed by atoms with van der Waals surface area (Å²) in [6.07, 6.45) is -4.71. The maximum absolute atomic E-state index is 9.73. The van der Waals surface area contributed by atoms with E-state index in [1.807, 2.05) is 0 Å². The average Bonchev–Trinajstić information content (AvgIpc) is 2.27. The standard InChI is InChI=1S/C9H18O6/c1-3-9(14-2)8(13)7(12)6(11)5(4-10)15-9/h5-8,10-13H,3-4H2,1-2H3/t5-,6-,7+,8-,9?/m1/s1. The summed E-state index contributed by atoms with van der Waals surface area (Å²) in [5, 5.41) is 37.7. The summed E-state index contributed by atoms with van der Waals surface area (Å²) >= 11 is 0. The molecule has 0 aromatic carbocycles. The maximum Gasteiger partial charge on any atom is 0.197 e. The van der Waals surface area contributed by atoms with Gasteiger partial charge in [0.1, 0.15) is 24.4 Å². The summed E-state index contributed by atoms with van der Waals surface area (Å²) in [4.78, 5) is 0. The Morgan fingerprint density at radius 2 is 1.87 bits per heavy atom. The molecule has 0 bridgehead atoms. The molecule has 1 rings (SSSR count). The molecule has 15 heavy (non-hydrogen) atoms. The molecular formula is C9H18O6. The summed E-state index contributed by atoms with van der Waals surface area (Å²) in [7, 11) is 1.34. The molecule has 0 radical (unpaired) electrons. The average molecular weight is 222 g/mol. The molecule has 5 atom stereocenters. The van der Waals surface area contributed by atoms with Crippen LogP contribution in [0, 0.1) is 0 Å². The molecule has 0 saturated carbocycles. The monoisotopic (exact) mass is 222 g/mol. The number of hydrogen-bond acceptors (Lipinski definition) is 6. The SMILES string of the molecule is CCC1(OC)O[C@H](CO)[C@@H](O)[C@H](O)[C@H]1O. The Bertz CT molecular complexity index is 203. The van der Waals surface area contributed by atoms with E-state index in [4.69, 9.17) is 14.6 Å². The molecule has 1 aliphatic rings. The molecule has 1 fully saturated rings. The first kappa shape index (κ1) is 12.8. The molecule has 1 heterocycles. The van der Waals surface area contributed by atoms with Crippen LogP contribution in [0.4, 0.5) is 0 Å². The van der Waals surface area contributed by atoms with Gasteiger partial charge in [0.2, 0.25) is 0 Å². The van der Waals surface area contributed by atoms with Crippen molar-refractivity contribution in [1.82, 2.24) is 0 Å². The molecule has 0 aliphatic carbocycles. The second kappa shape index (κ2) is 4.73. The van der Waals surface area contributed by atoms with Crippen molar-refractivity contribution in [2.75, 3.05) is 13.7 Å². The molecule has 0 spiro atoms. The number of hydrogen-bond donors (Lipinski definition) is 4. The van der Waals surface area contributed by atoms with Gasteiger partial charge >= 0.3 is 0 Å². The number of methoxy groups -OCH3 is 1. The largest absolute Gasteiger partial charge is 0.394 e. The van der Waals surface area contributed by atoms with E-state index in [0.717, 1.165) is 0 Å². The maximum atomic E-state index is 9.73. The van der Waals surface area contributed by atoms with Crippen molar-refractivity contribution >= 4 is 0 Å². The zero-order valence-corrected chi connectivity index (χ0v) is 8.83. The van der Waals surface area contributed by atoms with E-state index in [9.17, 15) is 15.3 Å². The van der Waals surface area contributed by atoms with Crippen molar-refractivity contribution in [1.29, 1.82) is 0 Å². The molecule has 4 N–H and O–H groups in total. The van der Waals surface area contributed by atoms with Crippen LogP contribution >= 0.6 is 0 Å². The van der Waals surface area contributed by atoms with Crippen LogP contribution < -0.4 is 0 Å². The summed E-state index contributed by atoms with van der Waals surface area (Å²) in [5.41, 5.74) is 0.